The molecule has 4 nitrogen and oxygen atoms in total. The summed E-state index contributed by atoms with van der Waals surface area (Å²) < 4.78 is 32.4. The van der Waals surface area contributed by atoms with Gasteiger partial charge in [0.25, 0.3) is 10.0 Å². The highest BCUT2D eigenvalue weighted by Gasteiger charge is 2.28. The molecule has 0 aromatic heterocycles. The first-order valence-corrected chi connectivity index (χ1v) is 8.73. The summed E-state index contributed by atoms with van der Waals surface area (Å²) >= 11 is 0. The molecule has 2 aromatic carbocycles. The average Bonchev–Trinajstić information content (AvgIpc) is 2.54. The molecule has 0 saturated carbocycles. The lowest BCUT2D eigenvalue weighted by Crippen LogP contribution is -2.35. The summed E-state index contributed by atoms with van der Waals surface area (Å²) in [5.74, 6) is 0.647. The number of ether oxygens (including phenoxy) is 1. The summed E-state index contributed by atoms with van der Waals surface area (Å²) in [4.78, 5) is 0.293. The summed E-state index contributed by atoms with van der Waals surface area (Å²) in [6.45, 7) is 2.54. The van der Waals surface area contributed by atoms with Crippen LogP contribution >= 0.6 is 0 Å². The van der Waals surface area contributed by atoms with E-state index in [0.717, 1.165) is 29.7 Å². The van der Waals surface area contributed by atoms with Crippen LogP contribution in [-0.4, -0.2) is 22.1 Å². The number of sulfonamides is 1. The molecule has 2 aromatic rings. The van der Waals surface area contributed by atoms with Crippen LogP contribution in [0.25, 0.3) is 0 Å². The van der Waals surface area contributed by atoms with Gasteiger partial charge in [0, 0.05) is 6.54 Å². The number of benzene rings is 2. The van der Waals surface area contributed by atoms with Crippen LogP contribution in [0.1, 0.15) is 17.5 Å². The van der Waals surface area contributed by atoms with Crippen LogP contribution in [-0.2, 0) is 16.4 Å². The average molecular weight is 317 g/mol. The molecule has 1 heterocycles. The lowest BCUT2D eigenvalue weighted by molar-refractivity contribution is 0.414. The maximum Gasteiger partial charge on any atom is 0.264 e. The quantitative estimate of drug-likeness (QED) is 0.873. The van der Waals surface area contributed by atoms with E-state index in [1.807, 2.05) is 19.1 Å². The van der Waals surface area contributed by atoms with Gasteiger partial charge >= 0.3 is 0 Å². The molecule has 0 saturated heterocycles. The molecule has 0 radical (unpaired) electrons. The van der Waals surface area contributed by atoms with Gasteiger partial charge in [-0.1, -0.05) is 17.7 Å². The van der Waals surface area contributed by atoms with Gasteiger partial charge in [0.1, 0.15) is 5.75 Å². The van der Waals surface area contributed by atoms with E-state index in [1.165, 1.54) is 4.31 Å². The Bertz CT molecular complexity index is 782. The van der Waals surface area contributed by atoms with Gasteiger partial charge in [-0.05, 0) is 55.7 Å². The van der Waals surface area contributed by atoms with Gasteiger partial charge in [-0.25, -0.2) is 8.42 Å². The second-order valence-corrected chi connectivity index (χ2v) is 7.35. The minimum absolute atomic E-state index is 0.293. The number of methoxy groups -OCH3 is 1. The van der Waals surface area contributed by atoms with E-state index in [1.54, 1.807) is 31.4 Å². The minimum Gasteiger partial charge on any atom is -0.497 e. The summed E-state index contributed by atoms with van der Waals surface area (Å²) in [6, 6.07) is 12.5. The Balaban J connectivity index is 2.03. The number of fused-ring (bicyclic) bond motifs is 1. The second kappa shape index (κ2) is 5.65. The molecule has 0 aliphatic carbocycles. The van der Waals surface area contributed by atoms with E-state index >= 15 is 0 Å². The summed E-state index contributed by atoms with van der Waals surface area (Å²) in [7, 11) is -1.97. The van der Waals surface area contributed by atoms with Crippen LogP contribution in [0, 0.1) is 6.92 Å². The van der Waals surface area contributed by atoms with Crippen molar-refractivity contribution in [3.8, 4) is 5.75 Å². The highest BCUT2D eigenvalue weighted by molar-refractivity contribution is 7.92. The van der Waals surface area contributed by atoms with Crippen molar-refractivity contribution < 1.29 is 13.2 Å². The smallest absolute Gasteiger partial charge is 0.264 e. The lowest BCUT2D eigenvalue weighted by atomic mass is 10.0. The van der Waals surface area contributed by atoms with Crippen LogP contribution in [0.4, 0.5) is 5.69 Å². The normalized spacial score (nSPS) is 14.5. The topological polar surface area (TPSA) is 46.6 Å². The fourth-order valence-electron chi connectivity index (χ4n) is 2.82. The molecule has 0 fully saturated rings. The van der Waals surface area contributed by atoms with Crippen LogP contribution in [0.2, 0.25) is 0 Å². The number of hydrogen-bond acceptors (Lipinski definition) is 3. The zero-order valence-electron chi connectivity index (χ0n) is 12.7. The number of aryl methyl sites for hydroxylation is 2. The number of nitrogens with zero attached hydrogens (tertiary/aromatic N) is 1. The fourth-order valence-corrected chi connectivity index (χ4v) is 4.36. The molecule has 22 heavy (non-hydrogen) atoms. The monoisotopic (exact) mass is 317 g/mol. The van der Waals surface area contributed by atoms with E-state index in [9.17, 15) is 8.42 Å². The van der Waals surface area contributed by atoms with Crippen molar-refractivity contribution in [1.82, 2.24) is 0 Å². The standard InChI is InChI=1S/C17H19NO3S/c1-13-5-10-17-14(12-13)4-3-11-18(17)22(19,20)16-8-6-15(21-2)7-9-16/h5-10,12H,3-4,11H2,1-2H3. The van der Waals surface area contributed by atoms with Gasteiger partial charge in [-0.15, -0.1) is 0 Å². The van der Waals surface area contributed by atoms with Crippen LogP contribution in [0.5, 0.6) is 5.75 Å². The van der Waals surface area contributed by atoms with E-state index in [0.29, 0.717) is 17.2 Å². The highest BCUT2D eigenvalue weighted by Crippen LogP contribution is 2.32. The first kappa shape index (κ1) is 14.9. The summed E-state index contributed by atoms with van der Waals surface area (Å²) in [6.07, 6.45) is 1.76. The predicted octanol–water partition coefficient (Wildman–Crippen LogP) is 3.15. The Morgan fingerprint density at radius 2 is 1.82 bits per heavy atom. The van der Waals surface area contributed by atoms with E-state index in [4.69, 9.17) is 4.74 Å². The third-order valence-electron chi connectivity index (χ3n) is 3.96. The van der Waals surface area contributed by atoms with Crippen molar-refractivity contribution in [2.75, 3.05) is 18.0 Å². The first-order valence-electron chi connectivity index (χ1n) is 7.29. The van der Waals surface area contributed by atoms with Crippen molar-refractivity contribution in [2.24, 2.45) is 0 Å². The molecule has 1 aliphatic heterocycles. The van der Waals surface area contributed by atoms with E-state index in [2.05, 4.69) is 6.07 Å². The molecular weight excluding hydrogens is 298 g/mol. The van der Waals surface area contributed by atoms with Crippen LogP contribution in [0.3, 0.4) is 0 Å². The zero-order valence-corrected chi connectivity index (χ0v) is 13.6. The van der Waals surface area contributed by atoms with Crippen molar-refractivity contribution in [1.29, 1.82) is 0 Å². The molecule has 1 aliphatic rings. The fraction of sp³-hybridized carbons (Fsp3) is 0.294. The van der Waals surface area contributed by atoms with Crippen molar-refractivity contribution >= 4 is 15.7 Å². The Labute approximate surface area is 131 Å². The van der Waals surface area contributed by atoms with E-state index < -0.39 is 10.0 Å². The second-order valence-electron chi connectivity index (χ2n) is 5.49. The molecule has 5 heteroatoms. The Hall–Kier alpha value is -2.01. The van der Waals surface area contributed by atoms with Crippen LogP contribution in [0.15, 0.2) is 47.4 Å². The molecule has 3 rings (SSSR count). The molecule has 0 spiro atoms. The van der Waals surface area contributed by atoms with Crippen molar-refractivity contribution in [2.45, 2.75) is 24.7 Å². The van der Waals surface area contributed by atoms with Crippen LogP contribution < -0.4 is 9.04 Å². The maximum absolute atomic E-state index is 12.9. The van der Waals surface area contributed by atoms with Gasteiger partial charge in [-0.2, -0.15) is 0 Å². The third-order valence-corrected chi connectivity index (χ3v) is 5.79. The van der Waals surface area contributed by atoms with Crippen molar-refractivity contribution in [3.05, 3.63) is 53.6 Å². The molecule has 0 atom stereocenters. The molecule has 0 amide bonds. The van der Waals surface area contributed by atoms with Gasteiger partial charge in [0.15, 0.2) is 0 Å². The number of anilines is 1. The van der Waals surface area contributed by atoms with Gasteiger partial charge in [0.05, 0.1) is 17.7 Å². The zero-order chi connectivity index (χ0) is 15.7. The molecule has 116 valence electrons. The molecule has 0 unspecified atom stereocenters. The number of rotatable bonds is 3. The van der Waals surface area contributed by atoms with Gasteiger partial charge in [-0.3, -0.25) is 4.31 Å². The summed E-state index contributed by atoms with van der Waals surface area (Å²) in [5, 5.41) is 0. The largest absolute Gasteiger partial charge is 0.497 e. The molecule has 0 N–H and O–H groups in total. The van der Waals surface area contributed by atoms with Gasteiger partial charge in [0.2, 0.25) is 0 Å². The number of hydrogen-bond donors (Lipinski definition) is 0. The lowest BCUT2D eigenvalue weighted by Gasteiger charge is -2.30. The SMILES string of the molecule is COc1ccc(S(=O)(=O)N2CCCc3cc(C)ccc32)cc1. The Kier molecular flexibility index (Phi) is 3.83. The predicted molar refractivity (Wildman–Crippen MR) is 87.0 cm³/mol. The minimum atomic E-state index is -3.54. The third kappa shape index (κ3) is 2.57. The van der Waals surface area contributed by atoms with E-state index in [-0.39, 0.29) is 0 Å². The maximum atomic E-state index is 12.9. The molecular formula is C17H19NO3S. The Morgan fingerprint density at radius 1 is 1.09 bits per heavy atom. The molecule has 0 bridgehead atoms. The highest BCUT2D eigenvalue weighted by atomic mass is 32.2. The Morgan fingerprint density at radius 3 is 2.50 bits per heavy atom. The first-order chi connectivity index (χ1) is 10.5. The summed E-state index contributed by atoms with van der Waals surface area (Å²) in [5.41, 5.74) is 3.05. The van der Waals surface area contributed by atoms with Crippen molar-refractivity contribution in [3.63, 3.8) is 0 Å². The van der Waals surface area contributed by atoms with Gasteiger partial charge < -0.3 is 4.74 Å².